The zero-order chi connectivity index (χ0) is 18.5. The maximum Gasteiger partial charge on any atom is 0.0864 e. The first-order chi connectivity index (χ1) is 11.8. The molecule has 2 aromatic rings. The lowest BCUT2D eigenvalue weighted by Gasteiger charge is -2.35. The van der Waals surface area contributed by atoms with Crippen LogP contribution in [0.2, 0.25) is 0 Å². The Kier molecular flexibility index (Phi) is 4.31. The Morgan fingerprint density at radius 2 is 1.08 bits per heavy atom. The van der Waals surface area contributed by atoms with Crippen molar-refractivity contribution >= 4 is 22.7 Å². The number of nitrogens with zero attached hydrogens (tertiary/aromatic N) is 4. The Labute approximate surface area is 152 Å². The standard InChI is InChI=1S/C21H30N4/c1-22(2)18-16-13-14-11-9-10-12-15(14)17(16)19(23(3)4)21(25(7)8)20(18)24(5)6/h9-12H,13H2,1-8H3. The molecule has 0 N–H and O–H groups in total. The van der Waals surface area contributed by atoms with E-state index in [1.165, 1.54) is 45.0 Å². The highest BCUT2D eigenvalue weighted by molar-refractivity contribution is 6.06. The summed E-state index contributed by atoms with van der Waals surface area (Å²) in [6.07, 6.45) is 0.994. The first-order valence-electron chi connectivity index (χ1n) is 8.76. The van der Waals surface area contributed by atoms with Gasteiger partial charge in [-0.25, -0.2) is 0 Å². The van der Waals surface area contributed by atoms with Crippen molar-refractivity contribution < 1.29 is 0 Å². The Bertz CT molecular complexity index is 804. The Morgan fingerprint density at radius 3 is 1.60 bits per heavy atom. The molecular formula is C21H30N4. The molecule has 3 rings (SSSR count). The third-order valence-electron chi connectivity index (χ3n) is 4.94. The topological polar surface area (TPSA) is 13.0 Å². The second-order valence-electron chi connectivity index (χ2n) is 7.66. The van der Waals surface area contributed by atoms with Crippen molar-refractivity contribution in [2.45, 2.75) is 6.42 Å². The molecule has 4 heteroatoms. The van der Waals surface area contributed by atoms with Crippen LogP contribution in [0, 0.1) is 0 Å². The van der Waals surface area contributed by atoms with Crippen LogP contribution in [-0.4, -0.2) is 56.4 Å². The molecular weight excluding hydrogens is 308 g/mol. The molecule has 0 atom stereocenters. The van der Waals surface area contributed by atoms with E-state index in [1.807, 2.05) is 0 Å². The second-order valence-corrected chi connectivity index (χ2v) is 7.66. The van der Waals surface area contributed by atoms with Crippen molar-refractivity contribution in [1.29, 1.82) is 0 Å². The first kappa shape index (κ1) is 17.5. The third-order valence-corrected chi connectivity index (χ3v) is 4.94. The fourth-order valence-corrected chi connectivity index (χ4v) is 4.08. The molecule has 134 valence electrons. The lowest BCUT2D eigenvalue weighted by molar-refractivity contribution is 1.02. The molecule has 0 amide bonds. The van der Waals surface area contributed by atoms with Gasteiger partial charge in [0.05, 0.1) is 22.7 Å². The van der Waals surface area contributed by atoms with E-state index in [4.69, 9.17) is 0 Å². The van der Waals surface area contributed by atoms with Crippen molar-refractivity contribution in [2.24, 2.45) is 0 Å². The highest BCUT2D eigenvalue weighted by Crippen LogP contribution is 2.55. The van der Waals surface area contributed by atoms with E-state index in [0.717, 1.165) is 6.42 Å². The summed E-state index contributed by atoms with van der Waals surface area (Å²) in [6.45, 7) is 0. The van der Waals surface area contributed by atoms with Gasteiger partial charge in [0.2, 0.25) is 0 Å². The van der Waals surface area contributed by atoms with Crippen molar-refractivity contribution in [3.05, 3.63) is 35.4 Å². The van der Waals surface area contributed by atoms with Crippen molar-refractivity contribution in [2.75, 3.05) is 76.0 Å². The zero-order valence-corrected chi connectivity index (χ0v) is 16.8. The van der Waals surface area contributed by atoms with Gasteiger partial charge < -0.3 is 19.6 Å². The summed E-state index contributed by atoms with van der Waals surface area (Å²) in [6, 6.07) is 8.83. The lowest BCUT2D eigenvalue weighted by atomic mass is 9.96. The van der Waals surface area contributed by atoms with Crippen LogP contribution >= 0.6 is 0 Å². The van der Waals surface area contributed by atoms with E-state index in [2.05, 4.69) is 100 Å². The van der Waals surface area contributed by atoms with Crippen molar-refractivity contribution in [3.8, 4) is 11.1 Å². The monoisotopic (exact) mass is 338 g/mol. The molecule has 0 radical (unpaired) electrons. The lowest BCUT2D eigenvalue weighted by Crippen LogP contribution is -2.25. The Morgan fingerprint density at radius 1 is 0.600 bits per heavy atom. The number of fused-ring (bicyclic) bond motifs is 3. The molecule has 0 unspecified atom stereocenters. The average Bonchev–Trinajstić information content (AvgIpc) is 2.90. The maximum atomic E-state index is 2.27. The summed E-state index contributed by atoms with van der Waals surface area (Å²) < 4.78 is 0. The van der Waals surface area contributed by atoms with Gasteiger partial charge >= 0.3 is 0 Å². The van der Waals surface area contributed by atoms with Gasteiger partial charge in [-0.05, 0) is 16.7 Å². The molecule has 2 aromatic carbocycles. The summed E-state index contributed by atoms with van der Waals surface area (Å²) in [7, 11) is 17.2. The van der Waals surface area contributed by atoms with Crippen LogP contribution in [-0.2, 0) is 6.42 Å². The average molecular weight is 338 g/mol. The van der Waals surface area contributed by atoms with Gasteiger partial charge in [0.15, 0.2) is 0 Å². The Hall–Kier alpha value is -2.36. The molecule has 25 heavy (non-hydrogen) atoms. The predicted octanol–water partition coefficient (Wildman–Crippen LogP) is 3.52. The molecule has 1 aliphatic rings. The van der Waals surface area contributed by atoms with Crippen molar-refractivity contribution in [3.63, 3.8) is 0 Å². The van der Waals surface area contributed by atoms with E-state index >= 15 is 0 Å². The number of rotatable bonds is 4. The SMILES string of the molecule is CN(C)c1c2c(c(N(C)C)c(N(C)C)c1N(C)C)-c1ccccc1C2. The van der Waals surface area contributed by atoms with Gasteiger partial charge in [0.25, 0.3) is 0 Å². The maximum absolute atomic E-state index is 2.27. The molecule has 0 spiro atoms. The van der Waals surface area contributed by atoms with Gasteiger partial charge in [-0.2, -0.15) is 0 Å². The quantitative estimate of drug-likeness (QED) is 0.721. The number of hydrogen-bond donors (Lipinski definition) is 0. The highest BCUT2D eigenvalue weighted by Gasteiger charge is 2.32. The Balaban J connectivity index is 2.52. The molecule has 4 nitrogen and oxygen atoms in total. The summed E-state index contributed by atoms with van der Waals surface area (Å²) in [4.78, 5) is 9.04. The minimum Gasteiger partial charge on any atom is -0.376 e. The molecule has 0 heterocycles. The van der Waals surface area contributed by atoms with E-state index < -0.39 is 0 Å². The van der Waals surface area contributed by atoms with E-state index in [1.54, 1.807) is 0 Å². The van der Waals surface area contributed by atoms with Gasteiger partial charge in [-0.15, -0.1) is 0 Å². The minimum atomic E-state index is 0.994. The number of benzene rings is 2. The van der Waals surface area contributed by atoms with E-state index in [0.29, 0.717) is 0 Å². The fourth-order valence-electron chi connectivity index (χ4n) is 4.08. The minimum absolute atomic E-state index is 0.994. The van der Waals surface area contributed by atoms with Gasteiger partial charge in [-0.1, -0.05) is 24.3 Å². The van der Waals surface area contributed by atoms with Crippen LogP contribution in [0.25, 0.3) is 11.1 Å². The van der Waals surface area contributed by atoms with E-state index in [-0.39, 0.29) is 0 Å². The molecule has 0 saturated heterocycles. The molecule has 1 aliphatic carbocycles. The molecule has 0 aromatic heterocycles. The summed E-state index contributed by atoms with van der Waals surface area (Å²) in [5, 5.41) is 0. The van der Waals surface area contributed by atoms with Crippen LogP contribution in [0.1, 0.15) is 11.1 Å². The normalized spacial score (nSPS) is 11.8. The smallest absolute Gasteiger partial charge is 0.0864 e. The van der Waals surface area contributed by atoms with Crippen LogP contribution < -0.4 is 19.6 Å². The molecule has 0 bridgehead atoms. The number of anilines is 4. The van der Waals surface area contributed by atoms with Crippen LogP contribution in [0.3, 0.4) is 0 Å². The van der Waals surface area contributed by atoms with E-state index in [9.17, 15) is 0 Å². The van der Waals surface area contributed by atoms with Crippen LogP contribution in [0.5, 0.6) is 0 Å². The van der Waals surface area contributed by atoms with Gasteiger partial charge in [0, 0.05) is 68.4 Å². The first-order valence-corrected chi connectivity index (χ1v) is 8.76. The second kappa shape index (κ2) is 6.17. The van der Waals surface area contributed by atoms with Gasteiger partial charge in [-0.3, -0.25) is 0 Å². The van der Waals surface area contributed by atoms with Gasteiger partial charge in [0.1, 0.15) is 0 Å². The number of hydrogen-bond acceptors (Lipinski definition) is 4. The third kappa shape index (κ3) is 2.60. The van der Waals surface area contributed by atoms with Crippen LogP contribution in [0.4, 0.5) is 22.7 Å². The molecule has 0 saturated carbocycles. The summed E-state index contributed by atoms with van der Waals surface area (Å²) in [5.74, 6) is 0. The molecule has 0 fully saturated rings. The van der Waals surface area contributed by atoms with Crippen molar-refractivity contribution in [1.82, 2.24) is 0 Å². The summed E-state index contributed by atoms with van der Waals surface area (Å²) >= 11 is 0. The largest absolute Gasteiger partial charge is 0.376 e. The van der Waals surface area contributed by atoms with Crippen LogP contribution in [0.15, 0.2) is 24.3 Å². The zero-order valence-electron chi connectivity index (χ0n) is 16.8. The summed E-state index contributed by atoms with van der Waals surface area (Å²) in [5.41, 5.74) is 10.8. The fraction of sp³-hybridized carbons (Fsp3) is 0.429. The predicted molar refractivity (Wildman–Crippen MR) is 112 cm³/mol. The highest BCUT2D eigenvalue weighted by atomic mass is 15.2. The molecule has 0 aliphatic heterocycles.